The summed E-state index contributed by atoms with van der Waals surface area (Å²) in [5.41, 5.74) is 7.93. The van der Waals surface area contributed by atoms with Gasteiger partial charge in [-0.15, -0.1) is 11.3 Å². The molecule has 2 rings (SSSR count). The monoisotopic (exact) mass is 209 g/mol. The molecule has 0 aliphatic heterocycles. The molecule has 1 saturated carbocycles. The summed E-state index contributed by atoms with van der Waals surface area (Å²) in [5.74, 6) is 0.633. The highest BCUT2D eigenvalue weighted by atomic mass is 32.1. The van der Waals surface area contributed by atoms with Gasteiger partial charge in [-0.1, -0.05) is 19.8 Å². The lowest BCUT2D eigenvalue weighted by molar-refractivity contribution is 0.210. The first kappa shape index (κ1) is 10.2. The van der Waals surface area contributed by atoms with E-state index in [2.05, 4.69) is 25.3 Å². The van der Waals surface area contributed by atoms with Gasteiger partial charge in [-0.3, -0.25) is 0 Å². The van der Waals surface area contributed by atoms with Gasteiger partial charge in [-0.05, 0) is 42.7 Å². The molecule has 1 heterocycles. The van der Waals surface area contributed by atoms with Crippen LogP contribution in [0.3, 0.4) is 0 Å². The Morgan fingerprint density at radius 3 is 2.86 bits per heavy atom. The second kappa shape index (κ2) is 3.67. The van der Waals surface area contributed by atoms with E-state index in [1.165, 1.54) is 29.7 Å². The van der Waals surface area contributed by atoms with Gasteiger partial charge in [0.05, 0.1) is 5.54 Å². The minimum Gasteiger partial charge on any atom is -0.321 e. The van der Waals surface area contributed by atoms with Crippen LogP contribution in [0.2, 0.25) is 0 Å². The van der Waals surface area contributed by atoms with Crippen molar-refractivity contribution in [1.82, 2.24) is 0 Å². The van der Waals surface area contributed by atoms with E-state index in [0.717, 1.165) is 6.42 Å². The molecule has 0 amide bonds. The van der Waals surface area contributed by atoms with Crippen LogP contribution < -0.4 is 5.73 Å². The van der Waals surface area contributed by atoms with Crippen LogP contribution in [0.5, 0.6) is 0 Å². The zero-order valence-corrected chi connectivity index (χ0v) is 9.86. The molecule has 1 aliphatic carbocycles. The molecule has 0 radical (unpaired) electrons. The van der Waals surface area contributed by atoms with Gasteiger partial charge in [0, 0.05) is 4.88 Å². The highest BCUT2D eigenvalue weighted by molar-refractivity contribution is 7.10. The maximum Gasteiger partial charge on any atom is 0.0532 e. The van der Waals surface area contributed by atoms with E-state index in [1.54, 1.807) is 0 Å². The Kier molecular flexibility index (Phi) is 2.67. The maximum absolute atomic E-state index is 6.58. The summed E-state index contributed by atoms with van der Waals surface area (Å²) in [7, 11) is 0. The van der Waals surface area contributed by atoms with Crippen molar-refractivity contribution in [1.29, 1.82) is 0 Å². The fourth-order valence-electron chi connectivity index (χ4n) is 2.56. The van der Waals surface area contributed by atoms with Crippen molar-refractivity contribution in [3.63, 3.8) is 0 Å². The maximum atomic E-state index is 6.58. The Bertz CT molecular complexity index is 318. The van der Waals surface area contributed by atoms with E-state index < -0.39 is 0 Å². The van der Waals surface area contributed by atoms with Gasteiger partial charge < -0.3 is 5.73 Å². The average Bonchev–Trinajstić information content (AvgIpc) is 2.57. The van der Waals surface area contributed by atoms with E-state index in [4.69, 9.17) is 5.73 Å². The summed E-state index contributed by atoms with van der Waals surface area (Å²) in [4.78, 5) is 1.42. The highest BCUT2D eigenvalue weighted by Crippen LogP contribution is 2.42. The van der Waals surface area contributed by atoms with Crippen LogP contribution in [0.15, 0.2) is 11.4 Å². The van der Waals surface area contributed by atoms with Crippen molar-refractivity contribution < 1.29 is 0 Å². The lowest BCUT2D eigenvalue weighted by Gasteiger charge is -2.39. The summed E-state index contributed by atoms with van der Waals surface area (Å²) < 4.78 is 0. The molecule has 2 unspecified atom stereocenters. The van der Waals surface area contributed by atoms with E-state index >= 15 is 0 Å². The molecule has 0 bridgehead atoms. The number of nitrogens with two attached hydrogens (primary N) is 1. The Balaban J connectivity index is 2.34. The van der Waals surface area contributed by atoms with E-state index in [0.29, 0.717) is 5.92 Å². The molecular weight excluding hydrogens is 190 g/mol. The fourth-order valence-corrected chi connectivity index (χ4v) is 3.74. The second-order valence-electron chi connectivity index (χ2n) is 4.62. The standard InChI is InChI=1S/C12H19NS/c1-9-6-8-14-11(9)12(13)7-4-3-5-10(12)2/h6,8,10H,3-5,7,13H2,1-2H3. The van der Waals surface area contributed by atoms with Crippen LogP contribution in [0.4, 0.5) is 0 Å². The van der Waals surface area contributed by atoms with Crippen LogP contribution in [0, 0.1) is 12.8 Å². The normalized spacial score (nSPS) is 33.2. The third-order valence-corrected chi connectivity index (χ3v) is 4.85. The van der Waals surface area contributed by atoms with E-state index in [1.807, 2.05) is 11.3 Å². The molecule has 2 N–H and O–H groups in total. The summed E-state index contributed by atoms with van der Waals surface area (Å²) >= 11 is 1.83. The van der Waals surface area contributed by atoms with Gasteiger partial charge in [0.15, 0.2) is 0 Å². The summed E-state index contributed by atoms with van der Waals surface area (Å²) in [5, 5.41) is 2.17. The molecule has 1 fully saturated rings. The van der Waals surface area contributed by atoms with Gasteiger partial charge >= 0.3 is 0 Å². The smallest absolute Gasteiger partial charge is 0.0532 e. The largest absolute Gasteiger partial charge is 0.321 e. The number of hydrogen-bond donors (Lipinski definition) is 1. The molecule has 0 saturated heterocycles. The van der Waals surface area contributed by atoms with E-state index in [9.17, 15) is 0 Å². The zero-order valence-electron chi connectivity index (χ0n) is 9.05. The zero-order chi connectivity index (χ0) is 10.2. The molecule has 0 spiro atoms. The molecule has 1 nitrogen and oxygen atoms in total. The molecular formula is C12H19NS. The van der Waals surface area contributed by atoms with Crippen molar-refractivity contribution in [3.8, 4) is 0 Å². The van der Waals surface area contributed by atoms with E-state index in [-0.39, 0.29) is 5.54 Å². The quantitative estimate of drug-likeness (QED) is 0.753. The Labute approximate surface area is 90.3 Å². The summed E-state index contributed by atoms with van der Waals surface area (Å²) in [6, 6.07) is 2.19. The van der Waals surface area contributed by atoms with Gasteiger partial charge in [0.25, 0.3) is 0 Å². The highest BCUT2D eigenvalue weighted by Gasteiger charge is 2.37. The van der Waals surface area contributed by atoms with Gasteiger partial charge in [-0.2, -0.15) is 0 Å². The summed E-state index contributed by atoms with van der Waals surface area (Å²) in [6.45, 7) is 4.49. The number of thiophene rings is 1. The molecule has 1 aromatic rings. The van der Waals surface area contributed by atoms with Gasteiger partial charge in [0.1, 0.15) is 0 Å². The lowest BCUT2D eigenvalue weighted by Crippen LogP contribution is -2.44. The molecule has 1 aromatic heterocycles. The molecule has 1 aliphatic rings. The molecule has 2 heteroatoms. The molecule has 2 atom stereocenters. The third kappa shape index (κ3) is 1.51. The number of aryl methyl sites for hydroxylation is 1. The minimum atomic E-state index is -0.0312. The number of rotatable bonds is 1. The van der Waals surface area contributed by atoms with Gasteiger partial charge in [0.2, 0.25) is 0 Å². The molecule has 0 aromatic carbocycles. The second-order valence-corrected chi connectivity index (χ2v) is 5.54. The third-order valence-electron chi connectivity index (χ3n) is 3.64. The minimum absolute atomic E-state index is 0.0312. The van der Waals surface area contributed by atoms with Crippen LogP contribution in [-0.2, 0) is 5.54 Å². The van der Waals surface area contributed by atoms with Crippen LogP contribution in [0.1, 0.15) is 43.0 Å². The number of hydrogen-bond acceptors (Lipinski definition) is 2. The van der Waals surface area contributed by atoms with Crippen LogP contribution in [0.25, 0.3) is 0 Å². The van der Waals surface area contributed by atoms with Crippen molar-refractivity contribution in [2.75, 3.05) is 0 Å². The fraction of sp³-hybridized carbons (Fsp3) is 0.667. The summed E-state index contributed by atoms with van der Waals surface area (Å²) in [6.07, 6.45) is 5.09. The Hall–Kier alpha value is -0.340. The Morgan fingerprint density at radius 1 is 1.50 bits per heavy atom. The SMILES string of the molecule is Cc1ccsc1C1(N)CCCCC1C. The lowest BCUT2D eigenvalue weighted by atomic mass is 9.73. The predicted octanol–water partition coefficient (Wildman–Crippen LogP) is 3.42. The van der Waals surface area contributed by atoms with Gasteiger partial charge in [-0.25, -0.2) is 0 Å². The average molecular weight is 209 g/mol. The molecule has 78 valence electrons. The Morgan fingerprint density at radius 2 is 2.29 bits per heavy atom. The van der Waals surface area contributed by atoms with Crippen molar-refractivity contribution >= 4 is 11.3 Å². The van der Waals surface area contributed by atoms with Crippen LogP contribution in [-0.4, -0.2) is 0 Å². The first-order chi connectivity index (χ1) is 6.64. The first-order valence-electron chi connectivity index (χ1n) is 5.48. The van der Waals surface area contributed by atoms with Crippen molar-refractivity contribution in [2.24, 2.45) is 11.7 Å². The van der Waals surface area contributed by atoms with Crippen molar-refractivity contribution in [3.05, 3.63) is 21.9 Å². The van der Waals surface area contributed by atoms with Crippen LogP contribution >= 0.6 is 11.3 Å². The molecule has 14 heavy (non-hydrogen) atoms. The van der Waals surface area contributed by atoms with Crippen molar-refractivity contribution in [2.45, 2.75) is 45.1 Å². The topological polar surface area (TPSA) is 26.0 Å². The first-order valence-corrected chi connectivity index (χ1v) is 6.36. The predicted molar refractivity (Wildman–Crippen MR) is 62.6 cm³/mol.